The molecular formula is C42H28BN3S. The molecule has 0 aliphatic carbocycles. The van der Waals surface area contributed by atoms with Gasteiger partial charge in [0.05, 0.1) is 28.4 Å². The van der Waals surface area contributed by atoms with E-state index in [2.05, 4.69) is 185 Å². The van der Waals surface area contributed by atoms with E-state index in [0.29, 0.717) is 0 Å². The minimum Gasteiger partial charge on any atom is -0.309 e. The van der Waals surface area contributed by atoms with Crippen LogP contribution in [0.4, 0.5) is 51.2 Å². The molecule has 3 aliphatic heterocycles. The molecule has 220 valence electrons. The summed E-state index contributed by atoms with van der Waals surface area (Å²) in [6.07, 6.45) is 0. The standard InChI is InChI=1S/C42H28BN3S/c1-4-16-29(17-5-1)44-35-25-13-14-26-36(35)46(31-20-8-3-9-21-31)41-37(44)28-39-40-42(41)45(30-18-6-2-7-19-30)34-24-12-10-22-32(34)43(40)33-23-11-15-27-38(33)47-39/h1-28H. The third-order valence-electron chi connectivity index (χ3n) is 9.58. The summed E-state index contributed by atoms with van der Waals surface area (Å²) in [6.45, 7) is 0.110. The van der Waals surface area contributed by atoms with Crippen LogP contribution in [0.5, 0.6) is 0 Å². The van der Waals surface area contributed by atoms with E-state index in [9.17, 15) is 0 Å². The average molecular weight is 618 g/mol. The molecule has 0 bridgehead atoms. The van der Waals surface area contributed by atoms with Crippen molar-refractivity contribution in [2.75, 3.05) is 14.7 Å². The Morgan fingerprint density at radius 3 is 1.47 bits per heavy atom. The average Bonchev–Trinajstić information content (AvgIpc) is 3.14. The second kappa shape index (κ2) is 10.4. The van der Waals surface area contributed by atoms with Gasteiger partial charge in [0.2, 0.25) is 6.71 Å². The SMILES string of the molecule is c1ccc(N2c3ccccc3N(c3ccccc3)c3c2cc2c4c3N(c3ccccc3)c3ccccc3B4c3ccccc3S2)cc1. The number of anilines is 9. The summed E-state index contributed by atoms with van der Waals surface area (Å²) in [6, 6.07) is 61.8. The highest BCUT2D eigenvalue weighted by atomic mass is 32.2. The van der Waals surface area contributed by atoms with E-state index in [1.54, 1.807) is 0 Å². The zero-order valence-corrected chi connectivity index (χ0v) is 26.3. The highest BCUT2D eigenvalue weighted by Crippen LogP contribution is 2.60. The number of hydrogen-bond donors (Lipinski definition) is 0. The fraction of sp³-hybridized carbons (Fsp3) is 0. The molecule has 0 radical (unpaired) electrons. The summed E-state index contributed by atoms with van der Waals surface area (Å²) in [4.78, 5) is 10.1. The van der Waals surface area contributed by atoms with Gasteiger partial charge in [-0.25, -0.2) is 0 Å². The minimum absolute atomic E-state index is 0.110. The van der Waals surface area contributed by atoms with E-state index >= 15 is 0 Å². The topological polar surface area (TPSA) is 9.72 Å². The molecule has 7 aromatic carbocycles. The molecule has 5 heteroatoms. The largest absolute Gasteiger partial charge is 0.309 e. The van der Waals surface area contributed by atoms with Gasteiger partial charge in [0, 0.05) is 32.5 Å². The van der Waals surface area contributed by atoms with Crippen LogP contribution in [0.15, 0.2) is 180 Å². The molecule has 0 unspecified atom stereocenters. The molecule has 3 aliphatic rings. The van der Waals surface area contributed by atoms with Gasteiger partial charge in [-0.3, -0.25) is 0 Å². The molecule has 47 heavy (non-hydrogen) atoms. The van der Waals surface area contributed by atoms with E-state index < -0.39 is 0 Å². The summed E-state index contributed by atoms with van der Waals surface area (Å²) in [5, 5.41) is 0. The Morgan fingerprint density at radius 2 is 0.830 bits per heavy atom. The van der Waals surface area contributed by atoms with Gasteiger partial charge in [-0.05, 0) is 77.7 Å². The summed E-state index contributed by atoms with van der Waals surface area (Å²) < 4.78 is 0. The van der Waals surface area contributed by atoms with E-state index in [1.165, 1.54) is 48.9 Å². The van der Waals surface area contributed by atoms with Crippen LogP contribution in [0.25, 0.3) is 0 Å². The van der Waals surface area contributed by atoms with Crippen LogP contribution in [-0.2, 0) is 0 Å². The fourth-order valence-corrected chi connectivity index (χ4v) is 8.90. The molecule has 7 aromatic rings. The predicted octanol–water partition coefficient (Wildman–Crippen LogP) is 9.70. The van der Waals surface area contributed by atoms with Crippen LogP contribution in [0.2, 0.25) is 0 Å². The lowest BCUT2D eigenvalue weighted by Gasteiger charge is -2.47. The van der Waals surface area contributed by atoms with Gasteiger partial charge in [-0.2, -0.15) is 0 Å². The van der Waals surface area contributed by atoms with E-state index in [1.807, 2.05) is 11.8 Å². The second-order valence-electron chi connectivity index (χ2n) is 12.1. The Morgan fingerprint density at radius 1 is 0.362 bits per heavy atom. The van der Waals surface area contributed by atoms with Gasteiger partial charge in [0.15, 0.2) is 0 Å². The predicted molar refractivity (Wildman–Crippen MR) is 199 cm³/mol. The zero-order valence-electron chi connectivity index (χ0n) is 25.5. The maximum Gasteiger partial charge on any atom is 0.249 e. The fourth-order valence-electron chi connectivity index (χ4n) is 7.72. The van der Waals surface area contributed by atoms with Crippen LogP contribution in [0.3, 0.4) is 0 Å². The smallest absolute Gasteiger partial charge is 0.249 e. The molecule has 0 spiro atoms. The number of benzene rings is 7. The molecule has 0 saturated heterocycles. The minimum atomic E-state index is 0.110. The van der Waals surface area contributed by atoms with Gasteiger partial charge in [-0.15, -0.1) is 0 Å². The van der Waals surface area contributed by atoms with Crippen molar-refractivity contribution in [1.29, 1.82) is 0 Å². The third-order valence-corrected chi connectivity index (χ3v) is 10.7. The Kier molecular flexibility index (Phi) is 5.90. The molecule has 0 amide bonds. The van der Waals surface area contributed by atoms with Crippen LogP contribution in [0.1, 0.15) is 0 Å². The monoisotopic (exact) mass is 617 g/mol. The first-order valence-corrected chi connectivity index (χ1v) is 16.9. The van der Waals surface area contributed by atoms with Gasteiger partial charge >= 0.3 is 0 Å². The molecule has 0 N–H and O–H groups in total. The van der Waals surface area contributed by atoms with Crippen molar-refractivity contribution in [1.82, 2.24) is 0 Å². The van der Waals surface area contributed by atoms with Crippen molar-refractivity contribution in [3.05, 3.63) is 170 Å². The van der Waals surface area contributed by atoms with Crippen LogP contribution < -0.4 is 31.1 Å². The first kappa shape index (κ1) is 26.6. The summed E-state index contributed by atoms with van der Waals surface area (Å²) in [7, 11) is 0. The van der Waals surface area contributed by atoms with Crippen molar-refractivity contribution >= 4 is 86.0 Å². The van der Waals surface area contributed by atoms with Gasteiger partial charge < -0.3 is 14.7 Å². The first-order valence-electron chi connectivity index (χ1n) is 16.1. The van der Waals surface area contributed by atoms with Crippen molar-refractivity contribution < 1.29 is 0 Å². The molecule has 0 saturated carbocycles. The molecule has 0 fully saturated rings. The number of para-hydroxylation sites is 6. The number of fused-ring (bicyclic) bond motifs is 7. The third kappa shape index (κ3) is 3.90. The maximum atomic E-state index is 2.52. The molecule has 3 nitrogen and oxygen atoms in total. The Bertz CT molecular complexity index is 2310. The number of rotatable bonds is 3. The Hall–Kier alpha value is -5.65. The molecule has 3 heterocycles. The lowest BCUT2D eigenvalue weighted by Crippen LogP contribution is -2.60. The Labute approximate surface area is 279 Å². The number of hydrogen-bond acceptors (Lipinski definition) is 4. The molecular weight excluding hydrogens is 589 g/mol. The second-order valence-corrected chi connectivity index (χ2v) is 13.2. The van der Waals surface area contributed by atoms with Crippen LogP contribution >= 0.6 is 11.8 Å². The van der Waals surface area contributed by atoms with E-state index in [0.717, 1.165) is 28.4 Å². The number of nitrogens with zero attached hydrogens (tertiary/aromatic N) is 3. The first-order chi connectivity index (χ1) is 23.4. The summed E-state index contributed by atoms with van der Waals surface area (Å²) in [5.74, 6) is 0. The van der Waals surface area contributed by atoms with Crippen LogP contribution in [0, 0.1) is 0 Å². The normalized spacial score (nSPS) is 13.7. The lowest BCUT2D eigenvalue weighted by molar-refractivity contribution is 1.14. The van der Waals surface area contributed by atoms with Gasteiger partial charge in [0.25, 0.3) is 0 Å². The van der Waals surface area contributed by atoms with Gasteiger partial charge in [-0.1, -0.05) is 120 Å². The molecule has 0 aromatic heterocycles. The van der Waals surface area contributed by atoms with E-state index in [-0.39, 0.29) is 6.71 Å². The highest BCUT2D eigenvalue weighted by molar-refractivity contribution is 8.00. The molecule has 10 rings (SSSR count). The zero-order chi connectivity index (χ0) is 30.9. The highest BCUT2D eigenvalue weighted by Gasteiger charge is 2.45. The van der Waals surface area contributed by atoms with Crippen LogP contribution in [-0.4, -0.2) is 6.71 Å². The summed E-state index contributed by atoms with van der Waals surface area (Å²) >= 11 is 1.90. The van der Waals surface area contributed by atoms with Crippen molar-refractivity contribution in [2.45, 2.75) is 9.79 Å². The van der Waals surface area contributed by atoms with Crippen molar-refractivity contribution in [3.8, 4) is 0 Å². The van der Waals surface area contributed by atoms with E-state index in [4.69, 9.17) is 0 Å². The van der Waals surface area contributed by atoms with Crippen molar-refractivity contribution in [3.63, 3.8) is 0 Å². The quantitative estimate of drug-likeness (QED) is 0.183. The Balaban J connectivity index is 1.39. The lowest BCUT2D eigenvalue weighted by atomic mass is 9.34. The molecule has 0 atom stereocenters. The van der Waals surface area contributed by atoms with Crippen molar-refractivity contribution in [2.24, 2.45) is 0 Å². The maximum absolute atomic E-state index is 2.52. The summed E-state index contributed by atoms with van der Waals surface area (Å²) in [5.41, 5.74) is 14.6. The van der Waals surface area contributed by atoms with Gasteiger partial charge in [0.1, 0.15) is 0 Å².